The highest BCUT2D eigenvalue weighted by molar-refractivity contribution is 7.14. The summed E-state index contributed by atoms with van der Waals surface area (Å²) in [5.41, 5.74) is 0.388. The molecule has 2 atom stereocenters. The van der Waals surface area contributed by atoms with Crippen LogP contribution in [0.25, 0.3) is 11.3 Å². The number of aryl methyl sites for hydroxylation is 1. The molecule has 0 bridgehead atoms. The van der Waals surface area contributed by atoms with E-state index in [-0.39, 0.29) is 23.7 Å². The number of likely N-dealkylation sites (tertiary alicyclic amines) is 1. The van der Waals surface area contributed by atoms with Gasteiger partial charge in [0, 0.05) is 24.8 Å². The van der Waals surface area contributed by atoms with Crippen molar-refractivity contribution in [3.05, 3.63) is 63.9 Å². The molecule has 1 aromatic carbocycles. The monoisotopic (exact) mass is 492 g/mol. The Kier molecular flexibility index (Phi) is 6.88. The van der Waals surface area contributed by atoms with Crippen LogP contribution in [0.1, 0.15) is 40.0 Å². The highest BCUT2D eigenvalue weighted by atomic mass is 32.1. The first kappa shape index (κ1) is 24.1. The molecule has 5 nitrogen and oxygen atoms in total. The van der Waals surface area contributed by atoms with Gasteiger partial charge in [-0.15, -0.1) is 11.3 Å². The van der Waals surface area contributed by atoms with Gasteiger partial charge in [0.2, 0.25) is 0 Å². The van der Waals surface area contributed by atoms with Crippen molar-refractivity contribution >= 4 is 23.1 Å². The molecule has 3 aromatic rings. The Balaban J connectivity index is 1.54. The van der Waals surface area contributed by atoms with E-state index >= 15 is 0 Å². The molecule has 2 aromatic heterocycles. The number of benzene rings is 1. The first-order valence-electron chi connectivity index (χ1n) is 10.9. The van der Waals surface area contributed by atoms with Crippen molar-refractivity contribution in [2.24, 2.45) is 5.92 Å². The van der Waals surface area contributed by atoms with Crippen LogP contribution in [0.5, 0.6) is 0 Å². The van der Waals surface area contributed by atoms with Crippen LogP contribution in [0, 0.1) is 18.7 Å². The smallest absolute Gasteiger partial charge is 0.368 e. The van der Waals surface area contributed by atoms with E-state index in [1.165, 1.54) is 29.5 Å². The molecule has 1 N–H and O–H groups in total. The molecule has 0 radical (unpaired) electrons. The van der Waals surface area contributed by atoms with Crippen LogP contribution in [-0.2, 0) is 6.18 Å². The van der Waals surface area contributed by atoms with Gasteiger partial charge in [-0.2, -0.15) is 13.2 Å². The van der Waals surface area contributed by atoms with Gasteiger partial charge in [-0.3, -0.25) is 4.79 Å². The van der Waals surface area contributed by atoms with Crippen LogP contribution in [-0.4, -0.2) is 39.9 Å². The Hall–Kier alpha value is -3.01. The minimum absolute atomic E-state index is 0.149. The Bertz CT molecular complexity index is 1150. The fourth-order valence-corrected chi connectivity index (χ4v) is 5.09. The number of nitrogens with one attached hydrogen (secondary N) is 1. The van der Waals surface area contributed by atoms with Crippen molar-refractivity contribution in [1.29, 1.82) is 0 Å². The molecule has 0 spiro atoms. The van der Waals surface area contributed by atoms with Crippen LogP contribution in [0.4, 0.5) is 23.4 Å². The van der Waals surface area contributed by atoms with Gasteiger partial charge in [-0.25, -0.2) is 14.4 Å². The number of carbonyl (C=O) groups is 1. The molecular weight excluding hydrogens is 468 g/mol. The third-order valence-electron chi connectivity index (χ3n) is 6.01. The van der Waals surface area contributed by atoms with Crippen LogP contribution < -0.4 is 5.32 Å². The minimum atomic E-state index is -4.44. The SMILES string of the molecule is Cc1nc(-c2ccc(F)cc2)c(C(=O)N2CCCC(C)C2CNc2ccc(C(F)(F)F)cn2)s1. The van der Waals surface area contributed by atoms with Crippen LogP contribution >= 0.6 is 11.3 Å². The summed E-state index contributed by atoms with van der Waals surface area (Å²) in [6.07, 6.45) is -1.86. The molecule has 3 heterocycles. The van der Waals surface area contributed by atoms with Gasteiger partial charge < -0.3 is 10.2 Å². The summed E-state index contributed by atoms with van der Waals surface area (Å²) >= 11 is 1.30. The molecule has 1 fully saturated rings. The number of nitrogens with zero attached hydrogens (tertiary/aromatic N) is 3. The molecule has 1 saturated heterocycles. The topological polar surface area (TPSA) is 58.1 Å². The molecular formula is C24H24F4N4OS. The largest absolute Gasteiger partial charge is 0.417 e. The number of hydrogen-bond acceptors (Lipinski definition) is 5. The predicted octanol–water partition coefficient (Wildman–Crippen LogP) is 6.02. The van der Waals surface area contributed by atoms with E-state index in [1.54, 1.807) is 12.1 Å². The van der Waals surface area contributed by atoms with Gasteiger partial charge in [0.1, 0.15) is 16.5 Å². The zero-order valence-corrected chi connectivity index (χ0v) is 19.5. The van der Waals surface area contributed by atoms with E-state index in [0.29, 0.717) is 35.0 Å². The quantitative estimate of drug-likeness (QED) is 0.442. The van der Waals surface area contributed by atoms with E-state index in [9.17, 15) is 22.4 Å². The highest BCUT2D eigenvalue weighted by Crippen LogP contribution is 2.33. The fourth-order valence-electron chi connectivity index (χ4n) is 4.19. The van der Waals surface area contributed by atoms with Crippen LogP contribution in [0.2, 0.25) is 0 Å². The van der Waals surface area contributed by atoms with Crippen molar-refractivity contribution < 1.29 is 22.4 Å². The summed E-state index contributed by atoms with van der Waals surface area (Å²) in [5, 5.41) is 3.82. The number of pyridine rings is 1. The van der Waals surface area contributed by atoms with E-state index in [0.717, 1.165) is 30.1 Å². The predicted molar refractivity (Wildman–Crippen MR) is 123 cm³/mol. The molecule has 0 aliphatic carbocycles. The van der Waals surface area contributed by atoms with Crippen LogP contribution in [0.3, 0.4) is 0 Å². The highest BCUT2D eigenvalue weighted by Gasteiger charge is 2.35. The van der Waals surface area contributed by atoms with Crippen molar-refractivity contribution in [2.75, 3.05) is 18.4 Å². The number of aromatic nitrogens is 2. The van der Waals surface area contributed by atoms with Gasteiger partial charge in [0.25, 0.3) is 5.91 Å². The number of amides is 1. The molecule has 0 saturated carbocycles. The lowest BCUT2D eigenvalue weighted by atomic mass is 9.90. The van der Waals surface area contributed by atoms with E-state index in [2.05, 4.69) is 22.2 Å². The summed E-state index contributed by atoms with van der Waals surface area (Å²) in [5.74, 6) is -0.0122. The number of thiazole rings is 1. The molecule has 4 rings (SSSR count). The molecule has 1 aliphatic rings. The van der Waals surface area contributed by atoms with Gasteiger partial charge in [-0.1, -0.05) is 6.92 Å². The maximum atomic E-state index is 13.7. The summed E-state index contributed by atoms with van der Waals surface area (Å²) in [6, 6.07) is 7.99. The maximum absolute atomic E-state index is 13.7. The zero-order chi connectivity index (χ0) is 24.5. The lowest BCUT2D eigenvalue weighted by molar-refractivity contribution is -0.137. The lowest BCUT2D eigenvalue weighted by Gasteiger charge is -2.40. The number of hydrogen-bond donors (Lipinski definition) is 1. The number of halogens is 4. The number of rotatable bonds is 5. The van der Waals surface area contributed by atoms with E-state index in [1.807, 2.05) is 11.8 Å². The Morgan fingerprint density at radius 1 is 1.21 bits per heavy atom. The van der Waals surface area contributed by atoms with Crippen molar-refractivity contribution in [1.82, 2.24) is 14.9 Å². The third-order valence-corrected chi connectivity index (χ3v) is 6.96. The molecule has 10 heteroatoms. The Morgan fingerprint density at radius 2 is 1.94 bits per heavy atom. The fraction of sp³-hybridized carbons (Fsp3) is 0.375. The van der Waals surface area contributed by atoms with Gasteiger partial charge in [0.15, 0.2) is 0 Å². The first-order chi connectivity index (χ1) is 16.1. The molecule has 34 heavy (non-hydrogen) atoms. The second-order valence-corrected chi connectivity index (χ2v) is 9.62. The van der Waals surface area contributed by atoms with Crippen LogP contribution in [0.15, 0.2) is 42.6 Å². The zero-order valence-electron chi connectivity index (χ0n) is 18.7. The second-order valence-electron chi connectivity index (χ2n) is 8.41. The van der Waals surface area contributed by atoms with Gasteiger partial charge in [-0.05, 0) is 62.1 Å². The minimum Gasteiger partial charge on any atom is -0.368 e. The lowest BCUT2D eigenvalue weighted by Crippen LogP contribution is -2.51. The Labute approximate surface area is 198 Å². The average molecular weight is 493 g/mol. The number of anilines is 1. The Morgan fingerprint density at radius 3 is 2.59 bits per heavy atom. The molecule has 1 aliphatic heterocycles. The standard InChI is InChI=1S/C24H24F4N4OS/c1-14-4-3-11-32(19(14)13-30-20-10-7-17(12-29-20)24(26,27)28)23(33)22-21(31-15(2)34-22)16-5-8-18(25)9-6-16/h5-10,12,14,19H,3-4,11,13H2,1-2H3,(H,29,30). The number of piperidine rings is 1. The summed E-state index contributed by atoms with van der Waals surface area (Å²) in [7, 11) is 0. The molecule has 2 unspecified atom stereocenters. The first-order valence-corrected chi connectivity index (χ1v) is 11.8. The molecule has 180 valence electrons. The third kappa shape index (κ3) is 5.22. The van der Waals surface area contributed by atoms with E-state index < -0.39 is 11.7 Å². The van der Waals surface area contributed by atoms with Crippen molar-refractivity contribution in [3.8, 4) is 11.3 Å². The summed E-state index contributed by atoms with van der Waals surface area (Å²) in [6.45, 7) is 4.80. The normalized spacial score (nSPS) is 18.7. The van der Waals surface area contributed by atoms with Gasteiger partial charge in [0.05, 0.1) is 22.3 Å². The number of carbonyl (C=O) groups excluding carboxylic acids is 1. The van der Waals surface area contributed by atoms with Crippen molar-refractivity contribution in [2.45, 2.75) is 38.9 Å². The van der Waals surface area contributed by atoms with Gasteiger partial charge >= 0.3 is 6.18 Å². The second kappa shape index (κ2) is 9.69. The van der Waals surface area contributed by atoms with Crippen molar-refractivity contribution in [3.63, 3.8) is 0 Å². The van der Waals surface area contributed by atoms with E-state index in [4.69, 9.17) is 0 Å². The summed E-state index contributed by atoms with van der Waals surface area (Å²) < 4.78 is 51.8. The number of alkyl halides is 3. The molecule has 1 amide bonds. The average Bonchev–Trinajstić information content (AvgIpc) is 3.19. The summed E-state index contributed by atoms with van der Waals surface area (Å²) in [4.78, 5) is 24.4. The maximum Gasteiger partial charge on any atom is 0.417 e.